The molecule has 0 aromatic heterocycles. The zero-order valence-corrected chi connectivity index (χ0v) is 21.3. The fourth-order valence-electron chi connectivity index (χ4n) is 5.19. The molecule has 1 aromatic carbocycles. The van der Waals surface area contributed by atoms with E-state index in [0.717, 1.165) is 70.0 Å². The van der Waals surface area contributed by atoms with Gasteiger partial charge in [0.1, 0.15) is 5.75 Å². The SMILES string of the molecule is COc1ccc(S(=O)(=O)N2CCCCCC2)cc1C(=O)NCCCCN1CC(C)CC(C)C1. The van der Waals surface area contributed by atoms with Crippen molar-refractivity contribution in [2.45, 2.75) is 63.7 Å². The van der Waals surface area contributed by atoms with E-state index >= 15 is 0 Å². The molecule has 0 spiro atoms. The topological polar surface area (TPSA) is 79.0 Å². The predicted molar refractivity (Wildman–Crippen MR) is 131 cm³/mol. The largest absolute Gasteiger partial charge is 0.496 e. The van der Waals surface area contributed by atoms with Gasteiger partial charge in [0.05, 0.1) is 17.6 Å². The summed E-state index contributed by atoms with van der Waals surface area (Å²) in [4.78, 5) is 15.6. The minimum atomic E-state index is -3.62. The van der Waals surface area contributed by atoms with Crippen LogP contribution in [-0.2, 0) is 10.0 Å². The lowest BCUT2D eigenvalue weighted by molar-refractivity contribution is 0.0948. The van der Waals surface area contributed by atoms with Crippen LogP contribution in [0.3, 0.4) is 0 Å². The van der Waals surface area contributed by atoms with Crippen LogP contribution in [-0.4, -0.2) is 69.9 Å². The van der Waals surface area contributed by atoms with E-state index in [-0.39, 0.29) is 16.4 Å². The Balaban J connectivity index is 1.56. The van der Waals surface area contributed by atoms with Gasteiger partial charge in [0.2, 0.25) is 10.0 Å². The van der Waals surface area contributed by atoms with E-state index in [2.05, 4.69) is 24.1 Å². The average molecular weight is 480 g/mol. The van der Waals surface area contributed by atoms with Crippen LogP contribution in [0, 0.1) is 11.8 Å². The van der Waals surface area contributed by atoms with Crippen molar-refractivity contribution in [1.82, 2.24) is 14.5 Å². The number of unbranched alkanes of at least 4 members (excludes halogenated alkanes) is 1. The van der Waals surface area contributed by atoms with E-state index in [9.17, 15) is 13.2 Å². The molecule has 1 N–H and O–H groups in total. The van der Waals surface area contributed by atoms with Crippen molar-refractivity contribution in [1.29, 1.82) is 0 Å². The summed E-state index contributed by atoms with van der Waals surface area (Å²) in [7, 11) is -2.13. The molecule has 7 nitrogen and oxygen atoms in total. The van der Waals surface area contributed by atoms with Gasteiger partial charge in [-0.1, -0.05) is 26.7 Å². The molecule has 0 bridgehead atoms. The van der Waals surface area contributed by atoms with Crippen LogP contribution >= 0.6 is 0 Å². The Morgan fingerprint density at radius 1 is 1.06 bits per heavy atom. The van der Waals surface area contributed by atoms with E-state index in [1.54, 1.807) is 10.4 Å². The predicted octanol–water partition coefficient (Wildman–Crippen LogP) is 3.75. The minimum absolute atomic E-state index is 0.156. The van der Waals surface area contributed by atoms with Crippen molar-refractivity contribution >= 4 is 15.9 Å². The number of benzene rings is 1. The molecule has 0 radical (unpaired) electrons. The molecule has 0 saturated carbocycles. The quantitative estimate of drug-likeness (QED) is 0.546. The first kappa shape index (κ1) is 26.0. The summed E-state index contributed by atoms with van der Waals surface area (Å²) in [6.45, 7) is 9.63. The van der Waals surface area contributed by atoms with Crippen LogP contribution in [0.25, 0.3) is 0 Å². The lowest BCUT2D eigenvalue weighted by Crippen LogP contribution is -2.39. The number of carbonyl (C=O) groups is 1. The van der Waals surface area contributed by atoms with Crippen LogP contribution in [0.1, 0.15) is 69.2 Å². The van der Waals surface area contributed by atoms with Crippen molar-refractivity contribution in [3.63, 3.8) is 0 Å². The highest BCUT2D eigenvalue weighted by molar-refractivity contribution is 7.89. The molecule has 2 aliphatic heterocycles. The molecule has 2 fully saturated rings. The summed E-state index contributed by atoms with van der Waals surface area (Å²) in [6, 6.07) is 4.58. The van der Waals surface area contributed by atoms with Crippen LogP contribution in [0.15, 0.2) is 23.1 Å². The maximum absolute atomic E-state index is 13.2. The lowest BCUT2D eigenvalue weighted by atomic mass is 9.92. The number of piperidine rings is 1. The number of nitrogens with one attached hydrogen (secondary N) is 1. The average Bonchev–Trinajstić information content (AvgIpc) is 3.08. The number of methoxy groups -OCH3 is 1. The second-order valence-corrected chi connectivity index (χ2v) is 11.8. The number of amides is 1. The molecule has 186 valence electrons. The van der Waals surface area contributed by atoms with Crippen LogP contribution in [0.2, 0.25) is 0 Å². The first-order valence-corrected chi connectivity index (χ1v) is 13.9. The standard InChI is InChI=1S/C25H41N3O4S/c1-20-16-21(2)19-27(18-20)13-9-6-12-26-25(29)23-17-22(10-11-24(23)32-3)33(30,31)28-14-7-4-5-8-15-28/h10-11,17,20-21H,4-9,12-16,18-19H2,1-3H3,(H,26,29). The molecule has 3 rings (SSSR count). The summed E-state index contributed by atoms with van der Waals surface area (Å²) in [5, 5.41) is 2.95. The molecule has 2 unspecified atom stereocenters. The molecule has 1 aromatic rings. The van der Waals surface area contributed by atoms with E-state index in [1.165, 1.54) is 25.7 Å². The third kappa shape index (κ3) is 7.17. The summed E-state index contributed by atoms with van der Waals surface area (Å²) >= 11 is 0. The van der Waals surface area contributed by atoms with Gasteiger partial charge in [-0.05, 0) is 68.7 Å². The number of nitrogens with zero attached hydrogens (tertiary/aromatic N) is 2. The lowest BCUT2D eigenvalue weighted by Gasteiger charge is -2.34. The maximum Gasteiger partial charge on any atom is 0.255 e. The van der Waals surface area contributed by atoms with Crippen LogP contribution in [0.4, 0.5) is 0 Å². The van der Waals surface area contributed by atoms with Gasteiger partial charge in [0.25, 0.3) is 5.91 Å². The van der Waals surface area contributed by atoms with Crippen molar-refractivity contribution in [2.24, 2.45) is 11.8 Å². The fraction of sp³-hybridized carbons (Fsp3) is 0.720. The third-order valence-electron chi connectivity index (χ3n) is 6.75. The second kappa shape index (κ2) is 12.2. The second-order valence-electron chi connectivity index (χ2n) is 9.85. The number of sulfonamides is 1. The van der Waals surface area contributed by atoms with Crippen molar-refractivity contribution in [2.75, 3.05) is 46.4 Å². The Morgan fingerprint density at radius 3 is 2.36 bits per heavy atom. The van der Waals surface area contributed by atoms with Crippen molar-refractivity contribution in [3.8, 4) is 5.75 Å². The molecule has 2 heterocycles. The van der Waals surface area contributed by atoms with Gasteiger partial charge >= 0.3 is 0 Å². The van der Waals surface area contributed by atoms with Gasteiger partial charge < -0.3 is 15.0 Å². The Labute approximate surface area is 199 Å². The summed E-state index contributed by atoms with van der Waals surface area (Å²) in [5.41, 5.74) is 0.270. The van der Waals surface area contributed by atoms with Gasteiger partial charge in [0.15, 0.2) is 0 Å². The van der Waals surface area contributed by atoms with Crippen LogP contribution in [0.5, 0.6) is 5.75 Å². The zero-order chi connectivity index (χ0) is 23.8. The Morgan fingerprint density at radius 2 is 1.73 bits per heavy atom. The van der Waals surface area contributed by atoms with Gasteiger partial charge in [-0.25, -0.2) is 8.42 Å². The fourth-order valence-corrected chi connectivity index (χ4v) is 6.73. The maximum atomic E-state index is 13.2. The van der Waals surface area contributed by atoms with Gasteiger partial charge in [0, 0.05) is 32.7 Å². The minimum Gasteiger partial charge on any atom is -0.496 e. The highest BCUT2D eigenvalue weighted by atomic mass is 32.2. The summed E-state index contributed by atoms with van der Waals surface area (Å²) < 4.78 is 33.2. The first-order chi connectivity index (χ1) is 15.8. The van der Waals surface area contributed by atoms with Gasteiger partial charge in [-0.15, -0.1) is 0 Å². The number of likely N-dealkylation sites (tertiary alicyclic amines) is 1. The molecule has 1 amide bonds. The number of hydrogen-bond acceptors (Lipinski definition) is 5. The number of hydrogen-bond donors (Lipinski definition) is 1. The molecular formula is C25H41N3O4S. The van der Waals surface area contributed by atoms with Crippen molar-refractivity contribution in [3.05, 3.63) is 23.8 Å². The summed E-state index contributed by atoms with van der Waals surface area (Å²) in [5.74, 6) is 1.59. The molecule has 8 heteroatoms. The normalized spacial score (nSPS) is 23.1. The van der Waals surface area contributed by atoms with E-state index in [0.29, 0.717) is 25.4 Å². The number of ether oxygens (including phenoxy) is 1. The molecule has 2 atom stereocenters. The first-order valence-electron chi connectivity index (χ1n) is 12.5. The monoisotopic (exact) mass is 479 g/mol. The number of carbonyl (C=O) groups excluding carboxylic acids is 1. The Bertz CT molecular complexity index is 872. The Hall–Kier alpha value is -1.64. The molecule has 2 saturated heterocycles. The summed E-state index contributed by atoms with van der Waals surface area (Å²) in [6.07, 6.45) is 7.08. The Kier molecular flexibility index (Phi) is 9.58. The van der Waals surface area contributed by atoms with E-state index in [1.807, 2.05) is 0 Å². The third-order valence-corrected chi connectivity index (χ3v) is 8.64. The van der Waals surface area contributed by atoms with E-state index < -0.39 is 10.0 Å². The van der Waals surface area contributed by atoms with Crippen molar-refractivity contribution < 1.29 is 17.9 Å². The molecule has 33 heavy (non-hydrogen) atoms. The zero-order valence-electron chi connectivity index (χ0n) is 20.5. The van der Waals surface area contributed by atoms with Crippen LogP contribution < -0.4 is 10.1 Å². The van der Waals surface area contributed by atoms with E-state index in [4.69, 9.17) is 4.74 Å². The molecule has 2 aliphatic rings. The van der Waals surface area contributed by atoms with Gasteiger partial charge in [-0.3, -0.25) is 4.79 Å². The highest BCUT2D eigenvalue weighted by Crippen LogP contribution is 2.26. The number of rotatable bonds is 9. The molecular weight excluding hydrogens is 438 g/mol. The highest BCUT2D eigenvalue weighted by Gasteiger charge is 2.27. The molecule has 0 aliphatic carbocycles. The smallest absolute Gasteiger partial charge is 0.255 e. The van der Waals surface area contributed by atoms with Gasteiger partial charge in [-0.2, -0.15) is 4.31 Å².